The highest BCUT2D eigenvalue weighted by atomic mass is 19.1. The van der Waals surface area contributed by atoms with Crippen LogP contribution in [0.5, 0.6) is 5.75 Å². The molecule has 10 heteroatoms. The van der Waals surface area contributed by atoms with Gasteiger partial charge in [0.25, 0.3) is 5.91 Å². The Morgan fingerprint density at radius 3 is 2.37 bits per heavy atom. The van der Waals surface area contributed by atoms with E-state index in [9.17, 15) is 14.0 Å². The van der Waals surface area contributed by atoms with Crippen molar-refractivity contribution >= 4 is 17.8 Å². The zero-order chi connectivity index (χ0) is 30.9. The maximum absolute atomic E-state index is 14.1. The van der Waals surface area contributed by atoms with E-state index in [-0.39, 0.29) is 37.7 Å². The Balaban J connectivity index is 1.65. The summed E-state index contributed by atoms with van der Waals surface area (Å²) in [5.41, 5.74) is 5.54. The van der Waals surface area contributed by atoms with Crippen molar-refractivity contribution in [1.29, 1.82) is 0 Å². The average molecular weight is 592 g/mol. The fraction of sp³-hybridized carbons (Fsp3) is 0.364. The predicted octanol–water partition coefficient (Wildman–Crippen LogP) is 4.79. The van der Waals surface area contributed by atoms with Gasteiger partial charge in [-0.05, 0) is 74.7 Å². The highest BCUT2D eigenvalue weighted by molar-refractivity contribution is 6.01. The number of nitrogens with one attached hydrogen (secondary N) is 2. The molecule has 228 valence electrons. The van der Waals surface area contributed by atoms with Gasteiger partial charge in [0.2, 0.25) is 5.90 Å². The molecule has 1 aliphatic rings. The molecule has 2 atom stereocenters. The summed E-state index contributed by atoms with van der Waals surface area (Å²) >= 11 is 0. The van der Waals surface area contributed by atoms with Gasteiger partial charge in [-0.25, -0.2) is 14.8 Å². The summed E-state index contributed by atoms with van der Waals surface area (Å²) in [6.45, 7) is 6.00. The number of carbonyl (C=O) groups excluding carboxylic acids is 2. The van der Waals surface area contributed by atoms with Crippen molar-refractivity contribution in [2.45, 2.75) is 63.8 Å². The molecule has 1 amide bonds. The molecule has 4 rings (SSSR count). The highest BCUT2D eigenvalue weighted by Crippen LogP contribution is 2.43. The second-order valence-electron chi connectivity index (χ2n) is 11.2. The number of hydrazine groups is 1. The van der Waals surface area contributed by atoms with E-state index in [4.69, 9.17) is 24.3 Å². The lowest BCUT2D eigenvalue weighted by Crippen LogP contribution is -2.52. The number of hydrogen-bond acceptors (Lipinski definition) is 8. The van der Waals surface area contributed by atoms with Crippen LogP contribution in [0, 0.1) is 5.82 Å². The van der Waals surface area contributed by atoms with Gasteiger partial charge in [-0.1, -0.05) is 42.5 Å². The molecular weight excluding hydrogens is 553 g/mol. The third-order valence-corrected chi connectivity index (χ3v) is 6.67. The number of benzene rings is 3. The molecule has 0 saturated heterocycles. The molecule has 0 unspecified atom stereocenters. The molecular formula is C33H38FN3O6. The number of amides is 1. The average Bonchev–Trinajstić information content (AvgIpc) is 3.38. The van der Waals surface area contributed by atoms with E-state index in [1.54, 1.807) is 57.2 Å². The first kappa shape index (κ1) is 31.7. The molecule has 0 saturated carbocycles. The first-order chi connectivity index (χ1) is 20.6. The minimum atomic E-state index is -1.53. The summed E-state index contributed by atoms with van der Waals surface area (Å²) < 4.78 is 30.9. The number of nitrogens with zero attached hydrogens (tertiary/aromatic N) is 1. The number of aliphatic hydroxyl groups excluding tert-OH is 1. The van der Waals surface area contributed by atoms with Crippen LogP contribution in [0.3, 0.4) is 0 Å². The summed E-state index contributed by atoms with van der Waals surface area (Å²) in [5, 5.41) is 9.01. The van der Waals surface area contributed by atoms with Crippen LogP contribution in [0.25, 0.3) is 0 Å². The molecule has 0 aromatic heterocycles. The van der Waals surface area contributed by atoms with Gasteiger partial charge in [0.15, 0.2) is 11.6 Å². The quantitative estimate of drug-likeness (QED) is 0.149. The largest absolute Gasteiger partial charge is 0.494 e. The maximum atomic E-state index is 14.1. The van der Waals surface area contributed by atoms with Gasteiger partial charge in [-0.2, -0.15) is 0 Å². The zero-order valence-corrected chi connectivity index (χ0v) is 24.6. The summed E-state index contributed by atoms with van der Waals surface area (Å²) in [4.78, 5) is 31.8. The molecule has 0 radical (unpaired) electrons. The van der Waals surface area contributed by atoms with E-state index in [0.717, 1.165) is 5.56 Å². The van der Waals surface area contributed by atoms with E-state index in [2.05, 4.69) is 10.9 Å². The summed E-state index contributed by atoms with van der Waals surface area (Å²) in [5.74, 6) is -0.443. The summed E-state index contributed by atoms with van der Waals surface area (Å²) in [6.07, 6.45) is -0.402. The van der Waals surface area contributed by atoms with Crippen LogP contribution in [0.4, 0.5) is 4.39 Å². The summed E-state index contributed by atoms with van der Waals surface area (Å²) in [7, 11) is 0. The maximum Gasteiger partial charge on any atom is 0.306 e. The van der Waals surface area contributed by atoms with Crippen LogP contribution in [0.1, 0.15) is 62.8 Å². The Hall–Kier alpha value is -4.28. The Kier molecular flexibility index (Phi) is 10.5. The lowest BCUT2D eigenvalue weighted by atomic mass is 9.83. The van der Waals surface area contributed by atoms with Crippen LogP contribution in [0.15, 0.2) is 83.9 Å². The van der Waals surface area contributed by atoms with Gasteiger partial charge in [-0.3, -0.25) is 15.0 Å². The van der Waals surface area contributed by atoms with Gasteiger partial charge in [0, 0.05) is 31.6 Å². The molecule has 9 nitrogen and oxygen atoms in total. The molecule has 0 bridgehead atoms. The number of ether oxygens (including phenoxy) is 3. The molecule has 3 aromatic carbocycles. The van der Waals surface area contributed by atoms with Gasteiger partial charge in [0.05, 0.1) is 6.61 Å². The van der Waals surface area contributed by atoms with Crippen LogP contribution in [0.2, 0.25) is 0 Å². The Labute approximate surface area is 251 Å². The number of aliphatic imine (C=N–C) groups is 1. The predicted molar refractivity (Wildman–Crippen MR) is 160 cm³/mol. The fourth-order valence-corrected chi connectivity index (χ4v) is 4.62. The number of hydrogen-bond donors (Lipinski definition) is 3. The molecule has 1 aliphatic heterocycles. The number of aliphatic hydroxyl groups is 1. The Morgan fingerprint density at radius 1 is 1.02 bits per heavy atom. The Morgan fingerprint density at radius 2 is 1.72 bits per heavy atom. The van der Waals surface area contributed by atoms with Crippen LogP contribution < -0.4 is 15.6 Å². The molecule has 0 aliphatic carbocycles. The number of rotatable bonds is 13. The van der Waals surface area contributed by atoms with Crippen molar-refractivity contribution in [3.8, 4) is 5.75 Å². The van der Waals surface area contributed by atoms with Crippen molar-refractivity contribution in [2.24, 2.45) is 4.99 Å². The molecule has 1 heterocycles. The number of esters is 1. The van der Waals surface area contributed by atoms with Gasteiger partial charge in [0.1, 0.15) is 17.2 Å². The minimum absolute atomic E-state index is 0.0113. The number of carbonyl (C=O) groups is 2. The van der Waals surface area contributed by atoms with Crippen LogP contribution in [-0.2, 0) is 25.6 Å². The molecule has 43 heavy (non-hydrogen) atoms. The molecule has 0 fully saturated rings. The van der Waals surface area contributed by atoms with Gasteiger partial charge in [-0.15, -0.1) is 0 Å². The monoisotopic (exact) mass is 591 g/mol. The van der Waals surface area contributed by atoms with Crippen molar-refractivity contribution < 1.29 is 33.3 Å². The van der Waals surface area contributed by atoms with E-state index in [1.807, 2.05) is 30.3 Å². The van der Waals surface area contributed by atoms with Crippen LogP contribution >= 0.6 is 0 Å². The third-order valence-electron chi connectivity index (χ3n) is 6.67. The fourth-order valence-electron chi connectivity index (χ4n) is 4.62. The highest BCUT2D eigenvalue weighted by Gasteiger charge is 2.53. The molecule has 0 spiro atoms. The van der Waals surface area contributed by atoms with Gasteiger partial charge < -0.3 is 19.3 Å². The number of halogens is 1. The van der Waals surface area contributed by atoms with E-state index in [0.29, 0.717) is 29.9 Å². The van der Waals surface area contributed by atoms with Crippen molar-refractivity contribution in [3.05, 3.63) is 101 Å². The topological polar surface area (TPSA) is 118 Å². The smallest absolute Gasteiger partial charge is 0.306 e. The van der Waals surface area contributed by atoms with E-state index in [1.165, 1.54) is 12.1 Å². The van der Waals surface area contributed by atoms with Crippen molar-refractivity contribution in [3.63, 3.8) is 0 Å². The molecule has 3 aromatic rings. The first-order valence-corrected chi connectivity index (χ1v) is 14.2. The zero-order valence-electron chi connectivity index (χ0n) is 24.6. The second-order valence-corrected chi connectivity index (χ2v) is 11.2. The molecule has 3 N–H and O–H groups in total. The second kappa shape index (κ2) is 14.3. The normalized spacial score (nSPS) is 18.0. The SMILES string of the molecule is CC(C)(C)OC(=O)CC[C@]1(C(=O)NNCc2ccc(F)cc2)N=C(c2ccc(OCCCO)cc2)O[C@H]1c1ccccc1. The third kappa shape index (κ3) is 8.62. The van der Waals surface area contributed by atoms with Crippen molar-refractivity contribution in [1.82, 2.24) is 10.9 Å². The van der Waals surface area contributed by atoms with E-state index < -0.39 is 29.1 Å². The minimum Gasteiger partial charge on any atom is -0.494 e. The Bertz CT molecular complexity index is 1390. The van der Waals surface area contributed by atoms with Crippen molar-refractivity contribution in [2.75, 3.05) is 13.2 Å². The first-order valence-electron chi connectivity index (χ1n) is 14.2. The van der Waals surface area contributed by atoms with Crippen LogP contribution in [-0.4, -0.2) is 47.2 Å². The lowest BCUT2D eigenvalue weighted by Gasteiger charge is -2.31. The summed E-state index contributed by atoms with van der Waals surface area (Å²) in [6, 6.07) is 22.3. The standard InChI is InChI=1S/C33H38FN3O6/c1-32(2,3)43-28(39)18-19-33(31(40)37-35-22-23-10-14-26(34)15-11-23)29(24-8-5-4-6-9-24)42-30(36-33)25-12-16-27(17-13-25)41-21-7-20-38/h4-6,8-17,29,35,38H,7,18-22H2,1-3H3,(H,37,40)/t29-,33-/m0/s1. The lowest BCUT2D eigenvalue weighted by molar-refractivity contribution is -0.155. The van der Waals surface area contributed by atoms with Gasteiger partial charge >= 0.3 is 5.97 Å². The van der Waals surface area contributed by atoms with E-state index >= 15 is 0 Å².